The molecule has 1 aromatic carbocycles. The number of hydrogen-bond acceptors (Lipinski definition) is 3. The Morgan fingerprint density at radius 2 is 1.85 bits per heavy atom. The highest BCUT2D eigenvalue weighted by Crippen LogP contribution is 2.48. The van der Waals surface area contributed by atoms with Crippen LogP contribution in [0.3, 0.4) is 0 Å². The molecule has 3 rings (SSSR count). The lowest BCUT2D eigenvalue weighted by Crippen LogP contribution is -2.47. The fourth-order valence-corrected chi connectivity index (χ4v) is 3.18. The van der Waals surface area contributed by atoms with Gasteiger partial charge in [-0.2, -0.15) is 0 Å². The average Bonchev–Trinajstić information content (AvgIpc) is 2.68. The van der Waals surface area contributed by atoms with E-state index in [4.69, 9.17) is 9.47 Å². The van der Waals surface area contributed by atoms with Gasteiger partial charge in [-0.05, 0) is 37.8 Å². The van der Waals surface area contributed by atoms with E-state index in [2.05, 4.69) is 13.0 Å². The van der Waals surface area contributed by atoms with Crippen molar-refractivity contribution in [2.45, 2.75) is 39.4 Å². The van der Waals surface area contributed by atoms with Crippen molar-refractivity contribution in [1.29, 1.82) is 0 Å². The first-order valence-electron chi connectivity index (χ1n) is 7.32. The van der Waals surface area contributed by atoms with Gasteiger partial charge in [0.25, 0.3) is 11.7 Å². The minimum Gasteiger partial charge on any atom is -0.338 e. The summed E-state index contributed by atoms with van der Waals surface area (Å²) in [6.45, 7) is 7.97. The Bertz CT molecular complexity index is 547. The Balaban J connectivity index is 2.21. The largest absolute Gasteiger partial charge is 0.338 e. The van der Waals surface area contributed by atoms with Crippen LogP contribution in [0.25, 0.3) is 0 Å². The van der Waals surface area contributed by atoms with Gasteiger partial charge < -0.3 is 14.4 Å². The van der Waals surface area contributed by atoms with E-state index in [1.807, 2.05) is 24.8 Å². The van der Waals surface area contributed by atoms with Gasteiger partial charge in [0, 0.05) is 12.1 Å². The maximum Gasteiger partial charge on any atom is 0.292 e. The molecule has 4 heteroatoms. The second-order valence-electron chi connectivity index (χ2n) is 5.55. The van der Waals surface area contributed by atoms with Crippen LogP contribution in [-0.4, -0.2) is 25.7 Å². The number of nitrogens with zero attached hydrogens (tertiary/aromatic N) is 1. The van der Waals surface area contributed by atoms with Crippen LogP contribution < -0.4 is 4.90 Å². The molecule has 0 aromatic heterocycles. The number of fused-ring (bicyclic) bond motifs is 2. The fraction of sp³-hybridized carbons (Fsp3) is 0.562. The first-order valence-corrected chi connectivity index (χ1v) is 7.32. The Morgan fingerprint density at radius 1 is 1.20 bits per heavy atom. The Morgan fingerprint density at radius 3 is 2.50 bits per heavy atom. The molecule has 0 aliphatic carbocycles. The van der Waals surface area contributed by atoms with E-state index in [0.717, 1.165) is 35.2 Å². The highest BCUT2D eigenvalue weighted by molar-refractivity contribution is 6.07. The highest BCUT2D eigenvalue weighted by Gasteiger charge is 2.55. The maximum atomic E-state index is 12.9. The summed E-state index contributed by atoms with van der Waals surface area (Å²) in [6.07, 6.45) is 1.75. The quantitative estimate of drug-likeness (QED) is 0.833. The predicted octanol–water partition coefficient (Wildman–Crippen LogP) is 2.65. The number of aryl methyl sites for hydroxylation is 2. The summed E-state index contributed by atoms with van der Waals surface area (Å²) >= 11 is 0. The van der Waals surface area contributed by atoms with Crippen molar-refractivity contribution in [3.8, 4) is 0 Å². The number of hydrogen-bond donors (Lipinski definition) is 0. The lowest BCUT2D eigenvalue weighted by Gasteiger charge is -2.33. The number of benzene rings is 1. The molecule has 108 valence electrons. The van der Waals surface area contributed by atoms with Gasteiger partial charge in [-0.15, -0.1) is 0 Å². The summed E-state index contributed by atoms with van der Waals surface area (Å²) in [5.74, 6) is -1.26. The first-order chi connectivity index (χ1) is 9.62. The van der Waals surface area contributed by atoms with Crippen molar-refractivity contribution >= 4 is 11.6 Å². The summed E-state index contributed by atoms with van der Waals surface area (Å²) in [4.78, 5) is 14.7. The molecule has 2 aliphatic rings. The number of rotatable bonds is 2. The topological polar surface area (TPSA) is 38.8 Å². The zero-order valence-electron chi connectivity index (χ0n) is 12.4. The third kappa shape index (κ3) is 1.71. The third-order valence-electron chi connectivity index (χ3n) is 4.06. The van der Waals surface area contributed by atoms with Crippen molar-refractivity contribution in [3.63, 3.8) is 0 Å². The number of carbonyl (C=O) groups excluding carboxylic acids is 1. The van der Waals surface area contributed by atoms with Crippen LogP contribution in [-0.2, 0) is 20.1 Å². The van der Waals surface area contributed by atoms with Gasteiger partial charge in [0.2, 0.25) is 0 Å². The van der Waals surface area contributed by atoms with Gasteiger partial charge in [0.05, 0.1) is 18.9 Å². The van der Waals surface area contributed by atoms with E-state index in [1.54, 1.807) is 0 Å². The van der Waals surface area contributed by atoms with Crippen molar-refractivity contribution < 1.29 is 14.3 Å². The average molecular weight is 275 g/mol. The van der Waals surface area contributed by atoms with E-state index >= 15 is 0 Å². The number of ether oxygens (including phenoxy) is 2. The summed E-state index contributed by atoms with van der Waals surface area (Å²) in [5.41, 5.74) is 4.05. The Kier molecular flexibility index (Phi) is 3.30. The minimum atomic E-state index is -1.20. The van der Waals surface area contributed by atoms with E-state index in [1.165, 1.54) is 0 Å². The third-order valence-corrected chi connectivity index (χ3v) is 4.06. The van der Waals surface area contributed by atoms with Gasteiger partial charge >= 0.3 is 0 Å². The Labute approximate surface area is 119 Å². The van der Waals surface area contributed by atoms with E-state index in [0.29, 0.717) is 19.8 Å². The van der Waals surface area contributed by atoms with Crippen molar-refractivity contribution in [2.24, 2.45) is 0 Å². The minimum absolute atomic E-state index is 0.0635. The molecular formula is C16H21NO3. The number of carbonyl (C=O) groups is 1. The monoisotopic (exact) mass is 275 g/mol. The van der Waals surface area contributed by atoms with Crippen LogP contribution in [0.2, 0.25) is 0 Å². The van der Waals surface area contributed by atoms with E-state index in [-0.39, 0.29) is 5.91 Å². The lowest BCUT2D eigenvalue weighted by atomic mass is 9.97. The van der Waals surface area contributed by atoms with Crippen molar-refractivity contribution in [3.05, 3.63) is 28.8 Å². The molecule has 2 heterocycles. The van der Waals surface area contributed by atoms with Crippen LogP contribution in [0.5, 0.6) is 0 Å². The van der Waals surface area contributed by atoms with Gasteiger partial charge in [-0.25, -0.2) is 0 Å². The molecule has 4 nitrogen and oxygen atoms in total. The molecule has 0 radical (unpaired) electrons. The molecule has 0 N–H and O–H groups in total. The second kappa shape index (κ2) is 4.86. The fourth-order valence-electron chi connectivity index (χ4n) is 3.18. The molecule has 0 bridgehead atoms. The van der Waals surface area contributed by atoms with Crippen LogP contribution in [0.1, 0.15) is 36.5 Å². The summed E-state index contributed by atoms with van der Waals surface area (Å²) in [6, 6.07) is 4.10. The predicted molar refractivity (Wildman–Crippen MR) is 76.8 cm³/mol. The van der Waals surface area contributed by atoms with Gasteiger partial charge in [0.15, 0.2) is 0 Å². The lowest BCUT2D eigenvalue weighted by molar-refractivity contribution is -0.257. The van der Waals surface area contributed by atoms with E-state index in [9.17, 15) is 4.79 Å². The maximum absolute atomic E-state index is 12.9. The molecular weight excluding hydrogens is 254 g/mol. The zero-order chi connectivity index (χ0) is 14.3. The van der Waals surface area contributed by atoms with Gasteiger partial charge in [-0.3, -0.25) is 4.79 Å². The molecule has 0 unspecified atom stereocenters. The van der Waals surface area contributed by atoms with Crippen molar-refractivity contribution in [2.75, 3.05) is 24.7 Å². The molecule has 1 saturated heterocycles. The van der Waals surface area contributed by atoms with Gasteiger partial charge in [0.1, 0.15) is 0 Å². The second-order valence-corrected chi connectivity index (χ2v) is 5.55. The van der Waals surface area contributed by atoms with Crippen molar-refractivity contribution in [1.82, 2.24) is 0 Å². The molecule has 0 saturated carbocycles. The molecule has 0 atom stereocenters. The molecule has 2 aliphatic heterocycles. The molecule has 1 fully saturated rings. The highest BCUT2D eigenvalue weighted by atomic mass is 16.7. The smallest absolute Gasteiger partial charge is 0.292 e. The van der Waals surface area contributed by atoms with Crippen LogP contribution in [0.4, 0.5) is 5.69 Å². The number of amides is 1. The van der Waals surface area contributed by atoms with Gasteiger partial charge in [-0.1, -0.05) is 19.1 Å². The molecule has 1 aromatic rings. The molecule has 1 amide bonds. The van der Waals surface area contributed by atoms with Crippen LogP contribution in [0, 0.1) is 13.8 Å². The number of anilines is 1. The normalized spacial score (nSPS) is 20.6. The SMILES string of the molecule is CCCN1C(=O)C2(OCCCO2)c2c(C)ccc(C)c21. The first kappa shape index (κ1) is 13.6. The summed E-state index contributed by atoms with van der Waals surface area (Å²) in [7, 11) is 0. The molecule has 20 heavy (non-hydrogen) atoms. The Hall–Kier alpha value is -1.39. The zero-order valence-corrected chi connectivity index (χ0v) is 12.4. The summed E-state index contributed by atoms with van der Waals surface area (Å²) in [5, 5.41) is 0. The van der Waals surface area contributed by atoms with E-state index < -0.39 is 5.79 Å². The summed E-state index contributed by atoms with van der Waals surface area (Å²) < 4.78 is 11.7. The van der Waals surface area contributed by atoms with Crippen LogP contribution in [0.15, 0.2) is 12.1 Å². The standard InChI is InChI=1S/C16H21NO3/c1-4-8-17-14-12(3)7-6-11(2)13(14)16(15(17)18)19-9-5-10-20-16/h6-7H,4-5,8-10H2,1-3H3. The molecule has 1 spiro atoms. The van der Waals surface area contributed by atoms with Crippen LogP contribution >= 0.6 is 0 Å².